The zero-order valence-corrected chi connectivity index (χ0v) is 16.0. The SMILES string of the molecule is Cc1cc(NC(=O)CSc2ccc(-c3cc(C)c(C)cc3C)nn2)no1. The van der Waals surface area contributed by atoms with Gasteiger partial charge in [-0.2, -0.15) is 0 Å². The van der Waals surface area contributed by atoms with E-state index < -0.39 is 0 Å². The fraction of sp³-hybridized carbons (Fsp3) is 0.263. The van der Waals surface area contributed by atoms with Crippen LogP contribution in [0.3, 0.4) is 0 Å². The molecule has 0 atom stereocenters. The summed E-state index contributed by atoms with van der Waals surface area (Å²) >= 11 is 1.32. The van der Waals surface area contributed by atoms with E-state index in [0.717, 1.165) is 11.3 Å². The number of amides is 1. The smallest absolute Gasteiger partial charge is 0.236 e. The first-order chi connectivity index (χ1) is 12.4. The Morgan fingerprint density at radius 2 is 1.81 bits per heavy atom. The lowest BCUT2D eigenvalue weighted by atomic mass is 9.99. The second-order valence-corrected chi connectivity index (χ2v) is 7.16. The molecule has 2 heterocycles. The maximum absolute atomic E-state index is 11.9. The second-order valence-electron chi connectivity index (χ2n) is 6.17. The number of anilines is 1. The lowest BCUT2D eigenvalue weighted by Crippen LogP contribution is -2.14. The highest BCUT2D eigenvalue weighted by Gasteiger charge is 2.10. The second kappa shape index (κ2) is 7.70. The summed E-state index contributed by atoms with van der Waals surface area (Å²) in [5, 5.41) is 15.7. The lowest BCUT2D eigenvalue weighted by Gasteiger charge is -2.09. The third-order valence-corrected chi connectivity index (χ3v) is 4.92. The minimum absolute atomic E-state index is 0.167. The van der Waals surface area contributed by atoms with E-state index in [9.17, 15) is 4.79 Å². The van der Waals surface area contributed by atoms with Gasteiger partial charge in [0.1, 0.15) is 10.8 Å². The van der Waals surface area contributed by atoms with Crippen LogP contribution in [-0.2, 0) is 4.79 Å². The molecule has 0 aliphatic heterocycles. The van der Waals surface area contributed by atoms with Gasteiger partial charge in [-0.25, -0.2) is 0 Å². The van der Waals surface area contributed by atoms with E-state index in [-0.39, 0.29) is 11.7 Å². The minimum Gasteiger partial charge on any atom is -0.360 e. The van der Waals surface area contributed by atoms with Crippen LogP contribution in [0.2, 0.25) is 0 Å². The van der Waals surface area contributed by atoms with Crippen LogP contribution in [-0.4, -0.2) is 27.0 Å². The Bertz CT molecular complexity index is 935. The van der Waals surface area contributed by atoms with Crippen molar-refractivity contribution >= 4 is 23.5 Å². The zero-order valence-electron chi connectivity index (χ0n) is 15.2. The fourth-order valence-corrected chi connectivity index (χ4v) is 3.13. The van der Waals surface area contributed by atoms with Gasteiger partial charge in [-0.15, -0.1) is 10.2 Å². The Kier molecular flexibility index (Phi) is 5.37. The average molecular weight is 368 g/mol. The summed E-state index contributed by atoms with van der Waals surface area (Å²) < 4.78 is 4.91. The van der Waals surface area contributed by atoms with Crippen molar-refractivity contribution in [1.29, 1.82) is 0 Å². The molecule has 1 aromatic carbocycles. The lowest BCUT2D eigenvalue weighted by molar-refractivity contribution is -0.113. The molecule has 1 N–H and O–H groups in total. The summed E-state index contributed by atoms with van der Waals surface area (Å²) in [7, 11) is 0. The molecule has 0 spiro atoms. The number of hydrogen-bond acceptors (Lipinski definition) is 6. The standard InChI is InChI=1S/C19H20N4O2S/c1-11-7-13(3)15(8-12(11)2)16-5-6-19(22-21-16)26-10-18(24)20-17-9-14(4)25-23-17/h5-9H,10H2,1-4H3,(H,20,23,24). The Morgan fingerprint density at radius 1 is 1.04 bits per heavy atom. The summed E-state index contributed by atoms with van der Waals surface area (Å²) in [5.74, 6) is 1.12. The quantitative estimate of drug-likeness (QED) is 0.683. The van der Waals surface area contributed by atoms with Crippen LogP contribution in [0.1, 0.15) is 22.5 Å². The molecular weight excluding hydrogens is 348 g/mol. The third-order valence-electron chi connectivity index (χ3n) is 4.00. The maximum Gasteiger partial charge on any atom is 0.236 e. The van der Waals surface area contributed by atoms with Crippen molar-refractivity contribution in [2.24, 2.45) is 0 Å². The summed E-state index contributed by atoms with van der Waals surface area (Å²) in [6.07, 6.45) is 0. The Labute approximate surface area is 156 Å². The van der Waals surface area contributed by atoms with Crippen molar-refractivity contribution in [2.45, 2.75) is 32.7 Å². The van der Waals surface area contributed by atoms with Crippen molar-refractivity contribution in [3.05, 3.63) is 52.8 Å². The summed E-state index contributed by atoms with van der Waals surface area (Å²) in [5.41, 5.74) is 5.57. The number of carbonyl (C=O) groups excluding carboxylic acids is 1. The van der Waals surface area contributed by atoms with E-state index in [2.05, 4.69) is 53.6 Å². The largest absolute Gasteiger partial charge is 0.360 e. The first-order valence-corrected chi connectivity index (χ1v) is 9.19. The van der Waals surface area contributed by atoms with Gasteiger partial charge in [0.15, 0.2) is 5.82 Å². The van der Waals surface area contributed by atoms with Gasteiger partial charge in [-0.05, 0) is 62.6 Å². The average Bonchev–Trinajstić information content (AvgIpc) is 3.01. The molecule has 0 saturated carbocycles. The van der Waals surface area contributed by atoms with Gasteiger partial charge in [0.25, 0.3) is 0 Å². The Hall–Kier alpha value is -2.67. The van der Waals surface area contributed by atoms with Gasteiger partial charge in [0.2, 0.25) is 5.91 Å². The summed E-state index contributed by atoms with van der Waals surface area (Å²) in [6.45, 7) is 8.03. The van der Waals surface area contributed by atoms with E-state index in [4.69, 9.17) is 4.52 Å². The number of aryl methyl sites for hydroxylation is 4. The van der Waals surface area contributed by atoms with Crippen molar-refractivity contribution < 1.29 is 9.32 Å². The molecule has 0 saturated heterocycles. The summed E-state index contributed by atoms with van der Waals surface area (Å²) in [6, 6.07) is 9.78. The van der Waals surface area contributed by atoms with E-state index in [0.29, 0.717) is 16.6 Å². The first kappa shape index (κ1) is 18.1. The van der Waals surface area contributed by atoms with Crippen LogP contribution in [0.15, 0.2) is 39.9 Å². The van der Waals surface area contributed by atoms with Crippen molar-refractivity contribution in [1.82, 2.24) is 15.4 Å². The number of thioether (sulfide) groups is 1. The van der Waals surface area contributed by atoms with E-state index in [1.54, 1.807) is 13.0 Å². The molecule has 134 valence electrons. The van der Waals surface area contributed by atoms with Gasteiger partial charge in [-0.1, -0.05) is 23.0 Å². The number of hydrogen-bond donors (Lipinski definition) is 1. The predicted molar refractivity (Wildman–Crippen MR) is 102 cm³/mol. The first-order valence-electron chi connectivity index (χ1n) is 8.20. The highest BCUT2D eigenvalue weighted by Crippen LogP contribution is 2.25. The maximum atomic E-state index is 11.9. The van der Waals surface area contributed by atoms with Gasteiger partial charge < -0.3 is 9.84 Å². The normalized spacial score (nSPS) is 10.8. The number of nitrogens with zero attached hydrogens (tertiary/aromatic N) is 3. The third kappa shape index (κ3) is 4.29. The molecule has 7 heteroatoms. The van der Waals surface area contributed by atoms with Crippen molar-refractivity contribution in [3.63, 3.8) is 0 Å². The van der Waals surface area contributed by atoms with Gasteiger partial charge in [0.05, 0.1) is 11.4 Å². The molecule has 3 rings (SSSR count). The number of rotatable bonds is 5. The highest BCUT2D eigenvalue weighted by molar-refractivity contribution is 7.99. The van der Waals surface area contributed by atoms with E-state index in [1.165, 1.54) is 28.5 Å². The number of carbonyl (C=O) groups is 1. The zero-order chi connectivity index (χ0) is 18.7. The van der Waals surface area contributed by atoms with Gasteiger partial charge in [0, 0.05) is 11.6 Å². The van der Waals surface area contributed by atoms with Crippen LogP contribution in [0.5, 0.6) is 0 Å². The topological polar surface area (TPSA) is 80.9 Å². The molecule has 0 fully saturated rings. The molecule has 0 bridgehead atoms. The monoisotopic (exact) mass is 368 g/mol. The molecule has 2 aromatic heterocycles. The van der Waals surface area contributed by atoms with E-state index in [1.807, 2.05) is 12.1 Å². The molecule has 0 unspecified atom stereocenters. The molecule has 6 nitrogen and oxygen atoms in total. The molecule has 3 aromatic rings. The molecule has 0 aliphatic carbocycles. The molecule has 0 aliphatic rings. The number of nitrogens with one attached hydrogen (secondary N) is 1. The van der Waals surface area contributed by atoms with Crippen LogP contribution in [0.4, 0.5) is 5.82 Å². The molecule has 1 amide bonds. The van der Waals surface area contributed by atoms with Gasteiger partial charge in [-0.3, -0.25) is 4.79 Å². The molecule has 0 radical (unpaired) electrons. The van der Waals surface area contributed by atoms with Crippen molar-refractivity contribution in [3.8, 4) is 11.3 Å². The Balaban J connectivity index is 1.63. The van der Waals surface area contributed by atoms with Crippen LogP contribution >= 0.6 is 11.8 Å². The minimum atomic E-state index is -0.167. The molecular formula is C19H20N4O2S. The van der Waals surface area contributed by atoms with Gasteiger partial charge >= 0.3 is 0 Å². The van der Waals surface area contributed by atoms with Crippen LogP contribution < -0.4 is 5.32 Å². The fourth-order valence-electron chi connectivity index (χ4n) is 2.52. The predicted octanol–water partition coefficient (Wildman–Crippen LogP) is 4.10. The van der Waals surface area contributed by atoms with Crippen LogP contribution in [0, 0.1) is 27.7 Å². The number of aromatic nitrogens is 3. The van der Waals surface area contributed by atoms with Crippen LogP contribution in [0.25, 0.3) is 11.3 Å². The number of benzene rings is 1. The van der Waals surface area contributed by atoms with E-state index >= 15 is 0 Å². The summed E-state index contributed by atoms with van der Waals surface area (Å²) in [4.78, 5) is 11.9. The van der Waals surface area contributed by atoms with Crippen molar-refractivity contribution in [2.75, 3.05) is 11.1 Å². The highest BCUT2D eigenvalue weighted by atomic mass is 32.2. The molecule has 26 heavy (non-hydrogen) atoms. The Morgan fingerprint density at radius 3 is 2.46 bits per heavy atom.